The molecule has 0 amide bonds. The minimum Gasteiger partial charge on any atom is -0.340 e. The Morgan fingerprint density at radius 3 is 0.820 bits per heavy atom. The van der Waals surface area contributed by atoms with Gasteiger partial charge in [-0.3, -0.25) is 15.0 Å². The molecule has 0 aliphatic heterocycles. The molecule has 0 radical (unpaired) electrons. The van der Waals surface area contributed by atoms with E-state index in [9.17, 15) is 0 Å². The molecule has 0 spiro atoms. The number of aryl methyl sites for hydroxylation is 9. The van der Waals surface area contributed by atoms with Crippen LogP contribution in [0, 0.1) is 80.5 Å². The van der Waals surface area contributed by atoms with Gasteiger partial charge in [0.05, 0.1) is 17.5 Å². The Morgan fingerprint density at radius 1 is 0.361 bits per heavy atom. The normalized spacial score (nSPS) is 10.6. The third-order valence-corrected chi connectivity index (χ3v) is 10.4. The second-order valence-corrected chi connectivity index (χ2v) is 15.4. The van der Waals surface area contributed by atoms with Crippen LogP contribution >= 0.6 is 0 Å². The first-order valence-electron chi connectivity index (χ1n) is 20.3. The van der Waals surface area contributed by atoms with Gasteiger partial charge in [0.25, 0.3) is 0 Å². The molecule has 0 saturated carbocycles. The van der Waals surface area contributed by atoms with Crippen molar-refractivity contribution in [3.63, 3.8) is 0 Å². The average molecular weight is 976 g/mol. The van der Waals surface area contributed by atoms with Gasteiger partial charge < -0.3 is 13.7 Å². The van der Waals surface area contributed by atoms with Gasteiger partial charge in [0.15, 0.2) is 0 Å². The number of benzene rings is 6. The van der Waals surface area contributed by atoms with E-state index in [-0.39, 0.29) is 20.1 Å². The van der Waals surface area contributed by atoms with E-state index in [1.807, 2.05) is 110 Å². The molecule has 3 heterocycles. The Hall–Kier alpha value is -6.40. The first-order chi connectivity index (χ1) is 29.0. The number of hydrogen-bond donors (Lipinski definition) is 0. The molecule has 7 heteroatoms. The molecular weight excluding hydrogens is 925 g/mol. The first kappa shape index (κ1) is 44.2. The number of imidazole rings is 3. The summed E-state index contributed by atoms with van der Waals surface area (Å²) in [5, 5.41) is 0. The van der Waals surface area contributed by atoms with Crippen molar-refractivity contribution in [1.29, 1.82) is 0 Å². The van der Waals surface area contributed by atoms with Gasteiger partial charge in [-0.25, -0.2) is 0 Å². The smallest absolute Gasteiger partial charge is 0.340 e. The van der Waals surface area contributed by atoms with Crippen LogP contribution in [-0.4, -0.2) is 28.7 Å². The Bertz CT molecular complexity index is 2470. The van der Waals surface area contributed by atoms with E-state index in [0.717, 1.165) is 34.2 Å². The molecule has 0 saturated heterocycles. The number of nitrogens with zero attached hydrogens (tertiary/aromatic N) is 6. The van der Waals surface area contributed by atoms with Crippen LogP contribution in [0.4, 0.5) is 0 Å². The molecule has 0 unspecified atom stereocenters. The van der Waals surface area contributed by atoms with E-state index >= 15 is 0 Å². The van der Waals surface area contributed by atoms with Crippen molar-refractivity contribution in [2.45, 2.75) is 62.3 Å². The van der Waals surface area contributed by atoms with Crippen molar-refractivity contribution in [2.75, 3.05) is 0 Å². The number of hydrogen-bond acceptors (Lipinski definition) is 3. The third-order valence-electron chi connectivity index (χ3n) is 10.4. The second-order valence-electron chi connectivity index (χ2n) is 15.4. The van der Waals surface area contributed by atoms with E-state index in [1.54, 1.807) is 0 Å². The minimum atomic E-state index is 0. The Morgan fingerprint density at radius 2 is 0.607 bits per heavy atom. The summed E-state index contributed by atoms with van der Waals surface area (Å²) >= 11 is 0. The monoisotopic (exact) mass is 976 g/mol. The van der Waals surface area contributed by atoms with E-state index in [1.165, 1.54) is 67.1 Å². The maximum Gasteiger partial charge on any atom is 3.00 e. The predicted molar refractivity (Wildman–Crippen MR) is 246 cm³/mol. The summed E-state index contributed by atoms with van der Waals surface area (Å²) in [5.41, 5.74) is 18.1. The van der Waals surface area contributed by atoms with E-state index in [4.69, 9.17) is 0 Å². The van der Waals surface area contributed by atoms with Crippen LogP contribution in [-0.2, 0) is 20.1 Å². The quantitative estimate of drug-likeness (QED) is 0.156. The van der Waals surface area contributed by atoms with Crippen LogP contribution in [0.3, 0.4) is 0 Å². The van der Waals surface area contributed by atoms with Crippen molar-refractivity contribution in [3.8, 4) is 51.2 Å². The summed E-state index contributed by atoms with van der Waals surface area (Å²) in [6.07, 6.45) is 11.6. The molecule has 6 nitrogen and oxygen atoms in total. The van der Waals surface area contributed by atoms with Gasteiger partial charge in [-0.15, -0.1) is 108 Å². The van der Waals surface area contributed by atoms with Gasteiger partial charge >= 0.3 is 20.1 Å². The van der Waals surface area contributed by atoms with Crippen LogP contribution < -0.4 is 0 Å². The largest absolute Gasteiger partial charge is 3.00 e. The van der Waals surface area contributed by atoms with Gasteiger partial charge in [0, 0.05) is 54.2 Å². The summed E-state index contributed by atoms with van der Waals surface area (Å²) in [6, 6.07) is 46.8. The van der Waals surface area contributed by atoms with Crippen LogP contribution in [0.1, 0.15) is 50.1 Å². The zero-order chi connectivity index (χ0) is 42.3. The summed E-state index contributed by atoms with van der Waals surface area (Å²) in [5.74, 6) is 2.79. The van der Waals surface area contributed by atoms with Gasteiger partial charge in [0.2, 0.25) is 0 Å². The molecule has 6 aromatic carbocycles. The molecule has 9 rings (SSSR count). The Labute approximate surface area is 375 Å². The van der Waals surface area contributed by atoms with Crippen molar-refractivity contribution >= 4 is 0 Å². The molecule has 0 fully saturated rings. The van der Waals surface area contributed by atoms with Gasteiger partial charge in [-0.05, 0) is 95.7 Å². The second kappa shape index (κ2) is 19.8. The molecular formula is C54H51IrN6. The fourth-order valence-corrected chi connectivity index (χ4v) is 8.30. The van der Waals surface area contributed by atoms with Crippen LogP contribution in [0.2, 0.25) is 0 Å². The molecule has 9 aromatic rings. The van der Waals surface area contributed by atoms with E-state index in [0.29, 0.717) is 0 Å². The Balaban J connectivity index is 0.000000152. The summed E-state index contributed by atoms with van der Waals surface area (Å²) in [4.78, 5) is 13.5. The van der Waals surface area contributed by atoms with Crippen molar-refractivity contribution in [1.82, 2.24) is 28.7 Å². The van der Waals surface area contributed by atoms with Gasteiger partial charge in [0.1, 0.15) is 0 Å². The van der Waals surface area contributed by atoms with Crippen molar-refractivity contribution < 1.29 is 20.1 Å². The molecule has 61 heavy (non-hydrogen) atoms. The maximum atomic E-state index is 4.50. The van der Waals surface area contributed by atoms with Gasteiger partial charge in [-0.1, -0.05) is 53.1 Å². The zero-order valence-electron chi connectivity index (χ0n) is 36.4. The summed E-state index contributed by atoms with van der Waals surface area (Å²) in [6.45, 7) is 19.3. The van der Waals surface area contributed by atoms with E-state index < -0.39 is 0 Å². The SMILES string of the molecule is Cc1cc(C)c(-n2ccnc2-c2[c-]cccc2)c(C)c1.Cc1cc(C)c(-n2ccnc2-c2[c-]cccc2)c(C)c1.Cc1cc(C)c(-n2ccnc2-c2[c-]cccc2)c(C)c1.[Ir+3]. The Kier molecular flexibility index (Phi) is 14.3. The predicted octanol–water partition coefficient (Wildman–Crippen LogP) is 12.8. The van der Waals surface area contributed by atoms with Gasteiger partial charge in [-0.2, -0.15) is 0 Å². The maximum absolute atomic E-state index is 4.50. The van der Waals surface area contributed by atoms with Crippen LogP contribution in [0.15, 0.2) is 146 Å². The molecule has 0 aliphatic carbocycles. The fraction of sp³-hybridized carbons (Fsp3) is 0.167. The standard InChI is InChI=1S/3C18H17N2.Ir/c3*1-13-11-14(2)17(15(3)12-13)20-10-9-19-18(20)16-7-5-4-6-8-16;/h3*4-7,9-12H,1-3H3;/q3*-1;+3. The fourth-order valence-electron chi connectivity index (χ4n) is 8.30. The summed E-state index contributed by atoms with van der Waals surface area (Å²) in [7, 11) is 0. The molecule has 0 aliphatic rings. The number of aromatic nitrogens is 6. The molecule has 0 N–H and O–H groups in total. The molecule has 0 bridgehead atoms. The topological polar surface area (TPSA) is 53.5 Å². The van der Waals surface area contributed by atoms with E-state index in [2.05, 4.69) is 146 Å². The van der Waals surface area contributed by atoms with Crippen molar-refractivity contribution in [2.24, 2.45) is 0 Å². The minimum absolute atomic E-state index is 0. The molecule has 306 valence electrons. The molecule has 3 aromatic heterocycles. The zero-order valence-corrected chi connectivity index (χ0v) is 38.8. The number of rotatable bonds is 6. The van der Waals surface area contributed by atoms with Crippen LogP contribution in [0.25, 0.3) is 51.2 Å². The first-order valence-corrected chi connectivity index (χ1v) is 20.3. The van der Waals surface area contributed by atoms with Crippen LogP contribution in [0.5, 0.6) is 0 Å². The summed E-state index contributed by atoms with van der Waals surface area (Å²) < 4.78 is 6.45. The van der Waals surface area contributed by atoms with Crippen molar-refractivity contribution in [3.05, 3.63) is 215 Å². The molecule has 0 atom stereocenters. The third kappa shape index (κ3) is 9.98. The average Bonchev–Trinajstić information content (AvgIpc) is 4.01.